The van der Waals surface area contributed by atoms with Crippen molar-refractivity contribution in [1.29, 1.82) is 0 Å². The van der Waals surface area contributed by atoms with E-state index in [4.69, 9.17) is 4.74 Å². The highest BCUT2D eigenvalue weighted by Gasteiger charge is 2.36. The van der Waals surface area contributed by atoms with E-state index >= 15 is 0 Å². The molecule has 1 saturated carbocycles. The highest BCUT2D eigenvalue weighted by molar-refractivity contribution is 7.89. The maximum Gasteiger partial charge on any atom is 0.254 e. The molecule has 2 aliphatic heterocycles. The van der Waals surface area contributed by atoms with Crippen molar-refractivity contribution in [1.82, 2.24) is 9.21 Å². The Morgan fingerprint density at radius 2 is 1.65 bits per heavy atom. The summed E-state index contributed by atoms with van der Waals surface area (Å²) in [5.41, 5.74) is 0.747. The number of fused-ring (bicyclic) bond motifs is 1. The third kappa shape index (κ3) is 5.25. The van der Waals surface area contributed by atoms with E-state index in [1.807, 2.05) is 24.3 Å². The first-order chi connectivity index (χ1) is 15.0. The number of piperidine rings is 2. The molecular weight excluding hydrogens is 412 g/mol. The number of hydrogen-bond donors (Lipinski definition) is 0. The number of ether oxygens (including phenoxy) is 1. The van der Waals surface area contributed by atoms with Gasteiger partial charge in [0.1, 0.15) is 5.75 Å². The summed E-state index contributed by atoms with van der Waals surface area (Å²) in [5.74, 6) is 2.15. The predicted molar refractivity (Wildman–Crippen MR) is 122 cm³/mol. The van der Waals surface area contributed by atoms with Gasteiger partial charge in [-0.1, -0.05) is 12.8 Å². The van der Waals surface area contributed by atoms with E-state index in [9.17, 15) is 13.2 Å². The Hall–Kier alpha value is -1.60. The third-order valence-corrected chi connectivity index (χ3v) is 9.30. The molecule has 1 amide bonds. The number of sulfonamides is 1. The fourth-order valence-electron chi connectivity index (χ4n) is 5.49. The minimum absolute atomic E-state index is 0.160. The number of carbonyl (C=O) groups is 1. The smallest absolute Gasteiger partial charge is 0.254 e. The Morgan fingerprint density at radius 1 is 0.968 bits per heavy atom. The van der Waals surface area contributed by atoms with Crippen molar-refractivity contribution in [2.75, 3.05) is 32.0 Å². The summed E-state index contributed by atoms with van der Waals surface area (Å²) in [4.78, 5) is 15.3. The van der Waals surface area contributed by atoms with Crippen LogP contribution in [0.5, 0.6) is 5.75 Å². The Morgan fingerprint density at radius 3 is 2.35 bits per heavy atom. The lowest BCUT2D eigenvalue weighted by atomic mass is 9.78. The molecule has 1 aliphatic carbocycles. The van der Waals surface area contributed by atoms with E-state index in [1.165, 1.54) is 25.7 Å². The SMILES string of the molecule is CCS(=O)(=O)N1CCC(COc2ccc(C(=O)N3CCCC4CCCCC43)cc2)CC1. The van der Waals surface area contributed by atoms with E-state index in [2.05, 4.69) is 4.90 Å². The van der Waals surface area contributed by atoms with Crippen LogP contribution in [0.15, 0.2) is 24.3 Å². The molecule has 0 radical (unpaired) electrons. The van der Waals surface area contributed by atoms with Crippen LogP contribution < -0.4 is 4.74 Å². The van der Waals surface area contributed by atoms with E-state index in [0.29, 0.717) is 37.6 Å². The van der Waals surface area contributed by atoms with E-state index in [1.54, 1.807) is 11.2 Å². The molecule has 7 heteroatoms. The number of hydrogen-bond acceptors (Lipinski definition) is 4. The highest BCUT2D eigenvalue weighted by atomic mass is 32.2. The molecule has 2 atom stereocenters. The van der Waals surface area contributed by atoms with E-state index < -0.39 is 10.0 Å². The number of nitrogens with zero attached hydrogens (tertiary/aromatic N) is 2. The maximum atomic E-state index is 13.1. The van der Waals surface area contributed by atoms with Crippen LogP contribution >= 0.6 is 0 Å². The van der Waals surface area contributed by atoms with E-state index in [-0.39, 0.29) is 11.7 Å². The minimum atomic E-state index is -3.09. The molecule has 1 aromatic carbocycles. The van der Waals surface area contributed by atoms with E-state index in [0.717, 1.165) is 43.5 Å². The Kier molecular flexibility index (Phi) is 7.22. The van der Waals surface area contributed by atoms with Gasteiger partial charge in [0.15, 0.2) is 0 Å². The van der Waals surface area contributed by atoms with Gasteiger partial charge in [-0.2, -0.15) is 0 Å². The second-order valence-corrected chi connectivity index (χ2v) is 11.6. The molecule has 0 N–H and O–H groups in total. The second kappa shape index (κ2) is 9.90. The maximum absolute atomic E-state index is 13.1. The van der Waals surface area contributed by atoms with Gasteiger partial charge >= 0.3 is 0 Å². The first-order valence-corrected chi connectivity index (χ1v) is 13.6. The fraction of sp³-hybridized carbons (Fsp3) is 0.708. The van der Waals surface area contributed by atoms with Gasteiger partial charge in [-0.05, 0) is 81.5 Å². The summed E-state index contributed by atoms with van der Waals surface area (Å²) in [5, 5.41) is 0. The fourth-order valence-corrected chi connectivity index (χ4v) is 6.62. The molecule has 6 nitrogen and oxygen atoms in total. The third-order valence-electron chi connectivity index (χ3n) is 7.42. The van der Waals surface area contributed by atoms with Crippen LogP contribution in [-0.2, 0) is 10.0 Å². The molecular formula is C24H36N2O4S. The van der Waals surface area contributed by atoms with Crippen molar-refractivity contribution < 1.29 is 17.9 Å². The molecule has 3 aliphatic rings. The topological polar surface area (TPSA) is 66.9 Å². The van der Waals surface area contributed by atoms with Crippen molar-refractivity contribution in [3.8, 4) is 5.75 Å². The number of amides is 1. The Bertz CT molecular complexity index is 845. The zero-order valence-corrected chi connectivity index (χ0v) is 19.5. The van der Waals surface area contributed by atoms with Crippen molar-refractivity contribution >= 4 is 15.9 Å². The zero-order valence-electron chi connectivity index (χ0n) is 18.7. The van der Waals surface area contributed by atoms with Crippen molar-refractivity contribution in [3.63, 3.8) is 0 Å². The molecule has 0 aromatic heterocycles. The molecule has 0 spiro atoms. The summed E-state index contributed by atoms with van der Waals surface area (Å²) >= 11 is 0. The van der Waals surface area contributed by atoms with Crippen molar-refractivity contribution in [3.05, 3.63) is 29.8 Å². The van der Waals surface area contributed by atoms with Gasteiger partial charge in [0.2, 0.25) is 10.0 Å². The Balaban J connectivity index is 1.28. The average molecular weight is 449 g/mol. The van der Waals surface area contributed by atoms with Crippen LogP contribution in [0.3, 0.4) is 0 Å². The summed E-state index contributed by atoms with van der Waals surface area (Å²) < 4.78 is 31.5. The number of likely N-dealkylation sites (tertiary alicyclic amines) is 1. The van der Waals surface area contributed by atoms with Gasteiger partial charge in [0, 0.05) is 31.2 Å². The number of benzene rings is 1. The molecule has 2 heterocycles. The van der Waals surface area contributed by atoms with Crippen molar-refractivity contribution in [2.24, 2.45) is 11.8 Å². The van der Waals surface area contributed by atoms with Crippen LogP contribution in [0.4, 0.5) is 0 Å². The summed E-state index contributed by atoms with van der Waals surface area (Å²) in [6.45, 7) is 4.32. The van der Waals surface area contributed by atoms with Crippen LogP contribution in [0.2, 0.25) is 0 Å². The molecule has 4 rings (SSSR count). The summed E-state index contributed by atoms with van der Waals surface area (Å²) in [6.07, 6.45) is 9.00. The predicted octanol–water partition coefficient (Wildman–Crippen LogP) is 3.92. The van der Waals surface area contributed by atoms with Crippen LogP contribution in [0, 0.1) is 11.8 Å². The number of carbonyl (C=O) groups excluding carboxylic acids is 1. The van der Waals surface area contributed by atoms with Gasteiger partial charge in [-0.25, -0.2) is 12.7 Å². The van der Waals surface area contributed by atoms with Crippen molar-refractivity contribution in [2.45, 2.75) is 64.3 Å². The van der Waals surface area contributed by atoms with Gasteiger partial charge in [-0.3, -0.25) is 4.79 Å². The van der Waals surface area contributed by atoms with Crippen LogP contribution in [0.1, 0.15) is 68.6 Å². The molecule has 172 valence electrons. The molecule has 2 unspecified atom stereocenters. The largest absolute Gasteiger partial charge is 0.493 e. The molecule has 1 aromatic rings. The van der Waals surface area contributed by atoms with Gasteiger partial charge in [-0.15, -0.1) is 0 Å². The summed E-state index contributed by atoms with van der Waals surface area (Å²) in [6, 6.07) is 7.99. The van der Waals surface area contributed by atoms with Gasteiger partial charge in [0.25, 0.3) is 5.91 Å². The lowest BCUT2D eigenvalue weighted by molar-refractivity contribution is 0.0390. The zero-order chi connectivity index (χ0) is 21.8. The molecule has 2 saturated heterocycles. The lowest BCUT2D eigenvalue weighted by Crippen LogP contribution is -2.49. The standard InChI is InChI=1S/C24H36N2O4S/c1-2-31(28,29)25-16-13-19(14-17-25)18-30-22-11-9-21(10-12-22)24(27)26-15-5-7-20-6-3-4-8-23(20)26/h9-12,19-20,23H,2-8,13-18H2,1H3. The lowest BCUT2D eigenvalue weighted by Gasteiger charge is -2.44. The Labute approximate surface area is 187 Å². The summed E-state index contributed by atoms with van der Waals surface area (Å²) in [7, 11) is -3.09. The molecule has 0 bridgehead atoms. The molecule has 31 heavy (non-hydrogen) atoms. The normalized spacial score (nSPS) is 25.8. The molecule has 3 fully saturated rings. The monoisotopic (exact) mass is 448 g/mol. The quantitative estimate of drug-likeness (QED) is 0.662. The second-order valence-electron chi connectivity index (χ2n) is 9.33. The highest BCUT2D eigenvalue weighted by Crippen LogP contribution is 2.36. The van der Waals surface area contributed by atoms with Crippen LogP contribution in [0.25, 0.3) is 0 Å². The number of rotatable bonds is 6. The first-order valence-electron chi connectivity index (χ1n) is 12.0. The first kappa shape index (κ1) is 22.6. The average Bonchev–Trinajstić information content (AvgIpc) is 2.82. The van der Waals surface area contributed by atoms with Gasteiger partial charge in [0.05, 0.1) is 12.4 Å². The van der Waals surface area contributed by atoms with Gasteiger partial charge < -0.3 is 9.64 Å². The minimum Gasteiger partial charge on any atom is -0.493 e. The van der Waals surface area contributed by atoms with Crippen LogP contribution in [-0.4, -0.2) is 61.6 Å².